The molecule has 2 aromatic carbocycles. The smallest absolute Gasteiger partial charge is 0.261 e. The van der Waals surface area contributed by atoms with E-state index in [0.29, 0.717) is 24.4 Å². The molecule has 1 amide bonds. The third kappa shape index (κ3) is 6.99. The van der Waals surface area contributed by atoms with Gasteiger partial charge >= 0.3 is 0 Å². The van der Waals surface area contributed by atoms with Crippen LogP contribution in [0.3, 0.4) is 0 Å². The number of rotatable bonds is 10. The number of benzene rings is 2. The average Bonchev–Trinajstić information content (AvgIpc) is 3.50. The number of likely N-dealkylation sites (tertiary alicyclic amines) is 1. The highest BCUT2D eigenvalue weighted by molar-refractivity contribution is 7.88. The molecule has 4 rings (SSSR count). The fourth-order valence-corrected chi connectivity index (χ4v) is 5.60. The van der Waals surface area contributed by atoms with Gasteiger partial charge in [0.1, 0.15) is 0 Å². The molecule has 0 bridgehead atoms. The van der Waals surface area contributed by atoms with Gasteiger partial charge in [-0.15, -0.1) is 11.3 Å². The molecule has 1 fully saturated rings. The Bertz CT molecular complexity index is 1210. The van der Waals surface area contributed by atoms with Crippen LogP contribution >= 0.6 is 11.3 Å². The summed E-state index contributed by atoms with van der Waals surface area (Å²) in [6, 6.07) is 20.6. The molecule has 0 atom stereocenters. The van der Waals surface area contributed by atoms with Gasteiger partial charge in [0.2, 0.25) is 10.0 Å². The highest BCUT2D eigenvalue weighted by Gasteiger charge is 2.13. The maximum Gasteiger partial charge on any atom is 0.261 e. The van der Waals surface area contributed by atoms with Gasteiger partial charge in [-0.05, 0) is 66.7 Å². The van der Waals surface area contributed by atoms with Crippen LogP contribution in [0.4, 0.5) is 0 Å². The van der Waals surface area contributed by atoms with E-state index in [2.05, 4.69) is 45.3 Å². The topological polar surface area (TPSA) is 78.5 Å². The van der Waals surface area contributed by atoms with Crippen molar-refractivity contribution in [2.24, 2.45) is 0 Å². The van der Waals surface area contributed by atoms with E-state index in [9.17, 15) is 13.2 Å². The van der Waals surface area contributed by atoms with E-state index in [1.54, 1.807) is 6.07 Å². The van der Waals surface area contributed by atoms with Crippen molar-refractivity contribution in [2.75, 3.05) is 25.9 Å². The molecule has 0 radical (unpaired) electrons. The van der Waals surface area contributed by atoms with E-state index in [1.807, 2.05) is 24.3 Å². The first-order chi connectivity index (χ1) is 16.4. The van der Waals surface area contributed by atoms with Crippen LogP contribution in [0.15, 0.2) is 60.7 Å². The molecule has 6 nitrogen and oxygen atoms in total. The van der Waals surface area contributed by atoms with Crippen LogP contribution in [0.2, 0.25) is 0 Å². The molecule has 1 aliphatic rings. The van der Waals surface area contributed by atoms with Crippen LogP contribution in [0.5, 0.6) is 0 Å². The molecule has 34 heavy (non-hydrogen) atoms. The van der Waals surface area contributed by atoms with Gasteiger partial charge in [-0.2, -0.15) is 0 Å². The summed E-state index contributed by atoms with van der Waals surface area (Å²) in [5.74, 6) is -0.122. The van der Waals surface area contributed by atoms with Crippen LogP contribution in [-0.2, 0) is 29.5 Å². The second kappa shape index (κ2) is 11.3. The van der Waals surface area contributed by atoms with Crippen molar-refractivity contribution in [2.45, 2.75) is 32.4 Å². The number of nitrogens with zero attached hydrogens (tertiary/aromatic N) is 1. The predicted molar refractivity (Wildman–Crippen MR) is 138 cm³/mol. The van der Waals surface area contributed by atoms with Gasteiger partial charge in [0, 0.05) is 24.5 Å². The van der Waals surface area contributed by atoms with Crippen molar-refractivity contribution < 1.29 is 13.2 Å². The Labute approximate surface area is 206 Å². The van der Waals surface area contributed by atoms with Crippen LogP contribution in [0.1, 0.15) is 38.5 Å². The number of sulfonamides is 1. The standard InChI is InChI=1S/C26H31N3O3S2/c1-34(31,32)28-15-14-23-12-13-25(33-23)26(30)27-18-22-6-2-3-7-24(22)21-10-8-20(9-11-21)19-29-16-4-5-17-29/h2-3,6-13,28H,4-5,14-19H2,1H3,(H,27,30). The van der Waals surface area contributed by atoms with Crippen LogP contribution in [0, 0.1) is 0 Å². The lowest BCUT2D eigenvalue weighted by atomic mass is 9.98. The molecule has 3 aromatic rings. The molecule has 1 aliphatic heterocycles. The van der Waals surface area contributed by atoms with Gasteiger partial charge in [0.25, 0.3) is 5.91 Å². The molecule has 1 aromatic heterocycles. The number of amides is 1. The lowest BCUT2D eigenvalue weighted by Gasteiger charge is -2.15. The Hall–Kier alpha value is -2.52. The van der Waals surface area contributed by atoms with E-state index in [1.165, 1.54) is 42.8 Å². The lowest BCUT2D eigenvalue weighted by Crippen LogP contribution is -2.24. The van der Waals surface area contributed by atoms with E-state index in [-0.39, 0.29) is 5.91 Å². The van der Waals surface area contributed by atoms with E-state index in [0.717, 1.165) is 34.4 Å². The fraction of sp³-hybridized carbons (Fsp3) is 0.346. The Morgan fingerprint density at radius 2 is 1.74 bits per heavy atom. The molecule has 8 heteroatoms. The zero-order chi connectivity index (χ0) is 24.0. The van der Waals surface area contributed by atoms with E-state index >= 15 is 0 Å². The Balaban J connectivity index is 1.35. The maximum atomic E-state index is 12.7. The van der Waals surface area contributed by atoms with Crippen LogP contribution in [0.25, 0.3) is 11.1 Å². The Morgan fingerprint density at radius 3 is 2.47 bits per heavy atom. The first kappa shape index (κ1) is 24.6. The number of nitrogens with one attached hydrogen (secondary N) is 2. The molecule has 0 spiro atoms. The zero-order valence-corrected chi connectivity index (χ0v) is 21.1. The third-order valence-corrected chi connectivity index (χ3v) is 7.82. The predicted octanol–water partition coefficient (Wildman–Crippen LogP) is 4.03. The van der Waals surface area contributed by atoms with Gasteiger partial charge in [-0.25, -0.2) is 13.1 Å². The van der Waals surface area contributed by atoms with Crippen molar-refractivity contribution in [3.05, 3.63) is 81.5 Å². The first-order valence-electron chi connectivity index (χ1n) is 11.6. The summed E-state index contributed by atoms with van der Waals surface area (Å²) in [7, 11) is -3.20. The molecule has 2 N–H and O–H groups in total. The van der Waals surface area contributed by atoms with Gasteiger partial charge in [-0.1, -0.05) is 48.5 Å². The van der Waals surface area contributed by atoms with Gasteiger partial charge < -0.3 is 5.32 Å². The van der Waals surface area contributed by atoms with Crippen molar-refractivity contribution in [3.63, 3.8) is 0 Å². The molecular formula is C26H31N3O3S2. The summed E-state index contributed by atoms with van der Waals surface area (Å²) in [5, 5.41) is 3.03. The number of hydrogen-bond donors (Lipinski definition) is 2. The fourth-order valence-electron chi connectivity index (χ4n) is 4.20. The van der Waals surface area contributed by atoms with Gasteiger partial charge in [0.05, 0.1) is 11.1 Å². The molecule has 2 heterocycles. The number of thiophene rings is 1. The van der Waals surface area contributed by atoms with Crippen molar-refractivity contribution >= 4 is 27.3 Å². The SMILES string of the molecule is CS(=O)(=O)NCCc1ccc(C(=O)NCc2ccccc2-c2ccc(CN3CCCC3)cc2)s1. The second-order valence-corrected chi connectivity index (χ2v) is 11.7. The van der Waals surface area contributed by atoms with E-state index < -0.39 is 10.0 Å². The number of carbonyl (C=O) groups excluding carboxylic acids is 1. The second-order valence-electron chi connectivity index (χ2n) is 8.70. The summed E-state index contributed by atoms with van der Waals surface area (Å²) in [6.45, 7) is 4.14. The maximum absolute atomic E-state index is 12.7. The third-order valence-electron chi connectivity index (χ3n) is 5.95. The monoisotopic (exact) mass is 497 g/mol. The van der Waals surface area contributed by atoms with E-state index in [4.69, 9.17) is 0 Å². The van der Waals surface area contributed by atoms with Crippen molar-refractivity contribution in [3.8, 4) is 11.1 Å². The first-order valence-corrected chi connectivity index (χ1v) is 14.3. The Kier molecular flexibility index (Phi) is 8.15. The summed E-state index contributed by atoms with van der Waals surface area (Å²) in [6.07, 6.45) is 4.29. The molecule has 1 saturated heterocycles. The van der Waals surface area contributed by atoms with Gasteiger partial charge in [-0.3, -0.25) is 9.69 Å². The summed E-state index contributed by atoms with van der Waals surface area (Å²) >= 11 is 1.39. The molecule has 0 aliphatic carbocycles. The van der Waals surface area contributed by atoms with Crippen molar-refractivity contribution in [1.29, 1.82) is 0 Å². The minimum Gasteiger partial charge on any atom is -0.347 e. The van der Waals surface area contributed by atoms with Gasteiger partial charge in [0.15, 0.2) is 0 Å². The van der Waals surface area contributed by atoms with Crippen LogP contribution < -0.4 is 10.0 Å². The summed E-state index contributed by atoms with van der Waals surface area (Å²) in [5.41, 5.74) is 4.66. The Morgan fingerprint density at radius 1 is 1.00 bits per heavy atom. The average molecular weight is 498 g/mol. The lowest BCUT2D eigenvalue weighted by molar-refractivity contribution is 0.0955. The zero-order valence-electron chi connectivity index (χ0n) is 19.4. The quantitative estimate of drug-likeness (QED) is 0.443. The minimum atomic E-state index is -3.20. The van der Waals surface area contributed by atoms with Crippen molar-refractivity contribution in [1.82, 2.24) is 14.9 Å². The number of hydrogen-bond acceptors (Lipinski definition) is 5. The molecule has 180 valence electrons. The minimum absolute atomic E-state index is 0.122. The summed E-state index contributed by atoms with van der Waals surface area (Å²) < 4.78 is 24.9. The normalized spacial score (nSPS) is 14.4. The largest absolute Gasteiger partial charge is 0.347 e. The molecule has 0 saturated carbocycles. The highest BCUT2D eigenvalue weighted by Crippen LogP contribution is 2.25. The number of carbonyl (C=O) groups is 1. The summed E-state index contributed by atoms with van der Waals surface area (Å²) in [4.78, 5) is 16.8. The highest BCUT2D eigenvalue weighted by atomic mass is 32.2. The molecule has 0 unspecified atom stereocenters. The molecular weight excluding hydrogens is 466 g/mol. The van der Waals surface area contributed by atoms with Crippen LogP contribution in [-0.4, -0.2) is 45.1 Å².